The Morgan fingerprint density at radius 2 is 1.52 bits per heavy atom. The zero-order valence-electron chi connectivity index (χ0n) is 15.7. The predicted molar refractivity (Wildman–Crippen MR) is 117 cm³/mol. The zero-order valence-corrected chi connectivity index (χ0v) is 16.5. The highest BCUT2D eigenvalue weighted by atomic mass is 32.1. The van der Waals surface area contributed by atoms with Crippen LogP contribution in [-0.4, -0.2) is 9.97 Å². The SMILES string of the molecule is CC(C)(C)c1nc(-c2ccc3ccccc3c2)c2sc3ccccc3c2n1. The molecule has 0 aliphatic heterocycles. The minimum atomic E-state index is -0.108. The van der Waals surface area contributed by atoms with E-state index in [-0.39, 0.29) is 5.41 Å². The van der Waals surface area contributed by atoms with E-state index < -0.39 is 0 Å². The van der Waals surface area contributed by atoms with E-state index in [0.29, 0.717) is 0 Å². The topological polar surface area (TPSA) is 25.8 Å². The Labute approximate surface area is 162 Å². The summed E-state index contributed by atoms with van der Waals surface area (Å²) in [6.45, 7) is 6.52. The summed E-state index contributed by atoms with van der Waals surface area (Å²) in [5.41, 5.74) is 3.15. The van der Waals surface area contributed by atoms with Crippen LogP contribution in [0.25, 0.3) is 42.3 Å². The molecule has 0 spiro atoms. The molecule has 0 fully saturated rings. The number of aromatic nitrogens is 2. The third-order valence-electron chi connectivity index (χ3n) is 4.91. The molecule has 3 heteroatoms. The molecule has 2 aromatic heterocycles. The lowest BCUT2D eigenvalue weighted by Crippen LogP contribution is -2.16. The zero-order chi connectivity index (χ0) is 18.6. The van der Waals surface area contributed by atoms with Gasteiger partial charge in [-0.1, -0.05) is 75.4 Å². The summed E-state index contributed by atoms with van der Waals surface area (Å²) in [6.07, 6.45) is 0. The smallest absolute Gasteiger partial charge is 0.135 e. The number of rotatable bonds is 1. The quantitative estimate of drug-likeness (QED) is 0.319. The van der Waals surface area contributed by atoms with E-state index in [9.17, 15) is 0 Å². The molecule has 0 saturated carbocycles. The van der Waals surface area contributed by atoms with Crippen molar-refractivity contribution in [3.63, 3.8) is 0 Å². The monoisotopic (exact) mass is 368 g/mol. The highest BCUT2D eigenvalue weighted by Crippen LogP contribution is 2.39. The summed E-state index contributed by atoms with van der Waals surface area (Å²) in [5.74, 6) is 0.890. The Morgan fingerprint density at radius 1 is 0.778 bits per heavy atom. The summed E-state index contributed by atoms with van der Waals surface area (Å²) in [7, 11) is 0. The molecule has 0 radical (unpaired) electrons. The number of thiophene rings is 1. The normalized spacial score (nSPS) is 12.3. The standard InChI is InChI=1S/C24H20N2S/c1-24(2,3)23-25-20(17-13-12-15-8-4-5-9-16(15)14-17)22-21(26-23)18-10-6-7-11-19(18)27-22/h4-14H,1-3H3. The molecular weight excluding hydrogens is 348 g/mol. The van der Waals surface area contributed by atoms with E-state index in [1.165, 1.54) is 25.6 Å². The van der Waals surface area contributed by atoms with Crippen molar-refractivity contribution in [2.75, 3.05) is 0 Å². The van der Waals surface area contributed by atoms with E-state index in [2.05, 4.69) is 87.5 Å². The fourth-order valence-electron chi connectivity index (χ4n) is 3.46. The molecule has 27 heavy (non-hydrogen) atoms. The molecule has 132 valence electrons. The molecule has 5 rings (SSSR count). The molecule has 0 atom stereocenters. The minimum Gasteiger partial charge on any atom is -0.231 e. The number of hydrogen-bond donors (Lipinski definition) is 0. The fourth-order valence-corrected chi connectivity index (χ4v) is 4.61. The van der Waals surface area contributed by atoms with Crippen molar-refractivity contribution in [2.45, 2.75) is 26.2 Å². The fraction of sp³-hybridized carbons (Fsp3) is 0.167. The average molecular weight is 369 g/mol. The second-order valence-electron chi connectivity index (χ2n) is 7.98. The second-order valence-corrected chi connectivity index (χ2v) is 9.04. The molecule has 3 aromatic carbocycles. The van der Waals surface area contributed by atoms with Gasteiger partial charge in [0.1, 0.15) is 5.82 Å². The first-order valence-corrected chi connectivity index (χ1v) is 10.0. The highest BCUT2D eigenvalue weighted by Gasteiger charge is 2.22. The third kappa shape index (κ3) is 2.70. The molecule has 0 aliphatic rings. The first-order chi connectivity index (χ1) is 13.0. The van der Waals surface area contributed by atoms with Crippen LogP contribution in [0.3, 0.4) is 0 Å². The van der Waals surface area contributed by atoms with Gasteiger partial charge in [0.25, 0.3) is 0 Å². The van der Waals surface area contributed by atoms with E-state index in [1.807, 2.05) is 0 Å². The van der Waals surface area contributed by atoms with Gasteiger partial charge < -0.3 is 0 Å². The van der Waals surface area contributed by atoms with Crippen LogP contribution in [0.1, 0.15) is 26.6 Å². The van der Waals surface area contributed by atoms with Gasteiger partial charge >= 0.3 is 0 Å². The maximum atomic E-state index is 5.04. The molecule has 0 N–H and O–H groups in total. The van der Waals surface area contributed by atoms with Crippen molar-refractivity contribution in [3.05, 3.63) is 72.6 Å². The Balaban J connectivity index is 1.88. The van der Waals surface area contributed by atoms with Gasteiger partial charge in [0.05, 0.1) is 15.9 Å². The van der Waals surface area contributed by atoms with Crippen LogP contribution in [0.5, 0.6) is 0 Å². The van der Waals surface area contributed by atoms with E-state index >= 15 is 0 Å². The molecule has 0 unspecified atom stereocenters. The van der Waals surface area contributed by atoms with Gasteiger partial charge in [0.2, 0.25) is 0 Å². The Hall–Kier alpha value is -2.78. The average Bonchev–Trinajstić information content (AvgIpc) is 3.05. The van der Waals surface area contributed by atoms with Crippen LogP contribution in [0.2, 0.25) is 0 Å². The number of fused-ring (bicyclic) bond motifs is 4. The lowest BCUT2D eigenvalue weighted by atomic mass is 9.95. The molecule has 2 heterocycles. The lowest BCUT2D eigenvalue weighted by Gasteiger charge is -2.18. The molecule has 0 bridgehead atoms. The second kappa shape index (κ2) is 5.86. The molecule has 0 saturated heterocycles. The third-order valence-corrected chi connectivity index (χ3v) is 6.08. The highest BCUT2D eigenvalue weighted by molar-refractivity contribution is 7.26. The Bertz CT molecular complexity index is 1310. The maximum absolute atomic E-state index is 5.04. The number of hydrogen-bond acceptors (Lipinski definition) is 3. The van der Waals surface area contributed by atoms with E-state index in [1.54, 1.807) is 11.3 Å². The Morgan fingerprint density at radius 3 is 2.33 bits per heavy atom. The molecular formula is C24H20N2S. The van der Waals surface area contributed by atoms with Crippen molar-refractivity contribution < 1.29 is 0 Å². The van der Waals surface area contributed by atoms with Crippen molar-refractivity contribution in [2.24, 2.45) is 0 Å². The number of nitrogens with zero attached hydrogens (tertiary/aromatic N) is 2. The van der Waals surface area contributed by atoms with Crippen LogP contribution in [0.15, 0.2) is 66.7 Å². The van der Waals surface area contributed by atoms with Crippen molar-refractivity contribution in [1.29, 1.82) is 0 Å². The molecule has 0 aliphatic carbocycles. The van der Waals surface area contributed by atoms with Gasteiger partial charge in [-0.05, 0) is 22.9 Å². The van der Waals surface area contributed by atoms with Crippen LogP contribution < -0.4 is 0 Å². The van der Waals surface area contributed by atoms with Gasteiger partial charge in [-0.3, -0.25) is 0 Å². The van der Waals surface area contributed by atoms with Crippen LogP contribution >= 0.6 is 11.3 Å². The summed E-state index contributed by atoms with van der Waals surface area (Å²) in [5, 5.41) is 3.70. The van der Waals surface area contributed by atoms with Gasteiger partial charge in [-0.25, -0.2) is 9.97 Å². The van der Waals surface area contributed by atoms with Crippen LogP contribution in [-0.2, 0) is 5.41 Å². The number of benzene rings is 3. The van der Waals surface area contributed by atoms with Crippen molar-refractivity contribution in [1.82, 2.24) is 9.97 Å². The van der Waals surface area contributed by atoms with Crippen molar-refractivity contribution >= 4 is 42.4 Å². The summed E-state index contributed by atoms with van der Waals surface area (Å²) in [6, 6.07) is 23.6. The van der Waals surface area contributed by atoms with Gasteiger partial charge in [-0.2, -0.15) is 0 Å². The summed E-state index contributed by atoms with van der Waals surface area (Å²) in [4.78, 5) is 10.0. The summed E-state index contributed by atoms with van der Waals surface area (Å²) >= 11 is 1.78. The largest absolute Gasteiger partial charge is 0.231 e. The van der Waals surface area contributed by atoms with Crippen LogP contribution in [0.4, 0.5) is 0 Å². The minimum absolute atomic E-state index is 0.108. The summed E-state index contributed by atoms with van der Waals surface area (Å²) < 4.78 is 2.43. The molecule has 2 nitrogen and oxygen atoms in total. The van der Waals surface area contributed by atoms with E-state index in [4.69, 9.17) is 9.97 Å². The molecule has 0 amide bonds. The van der Waals surface area contributed by atoms with Gasteiger partial charge in [-0.15, -0.1) is 11.3 Å². The molecule has 5 aromatic rings. The van der Waals surface area contributed by atoms with Gasteiger partial charge in [0, 0.05) is 21.1 Å². The first kappa shape index (κ1) is 16.4. The maximum Gasteiger partial charge on any atom is 0.135 e. The van der Waals surface area contributed by atoms with Crippen LogP contribution in [0, 0.1) is 0 Å². The first-order valence-electron chi connectivity index (χ1n) is 9.20. The predicted octanol–water partition coefficient (Wildman–Crippen LogP) is 6.96. The van der Waals surface area contributed by atoms with E-state index in [0.717, 1.165) is 22.6 Å². The lowest BCUT2D eigenvalue weighted by molar-refractivity contribution is 0.549. The Kier molecular flexibility index (Phi) is 3.56. The van der Waals surface area contributed by atoms with Gasteiger partial charge in [0.15, 0.2) is 0 Å². The van der Waals surface area contributed by atoms with Crippen molar-refractivity contribution in [3.8, 4) is 11.3 Å².